The molecule has 1 saturated heterocycles. The van der Waals surface area contributed by atoms with Crippen LogP contribution in [0, 0.1) is 5.82 Å². The lowest BCUT2D eigenvalue weighted by Gasteiger charge is -2.37. The summed E-state index contributed by atoms with van der Waals surface area (Å²) in [4.78, 5) is 23.1. The Hall–Kier alpha value is -1.99. The Morgan fingerprint density at radius 1 is 1.41 bits per heavy atom. The number of ether oxygens (including phenoxy) is 2. The summed E-state index contributed by atoms with van der Waals surface area (Å²) in [5.74, 6) is -2.70. The molecular formula is C15H18FNO5. The van der Waals surface area contributed by atoms with Gasteiger partial charge in [0.15, 0.2) is 0 Å². The van der Waals surface area contributed by atoms with Gasteiger partial charge in [0.2, 0.25) is 0 Å². The van der Waals surface area contributed by atoms with E-state index in [4.69, 9.17) is 14.6 Å². The van der Waals surface area contributed by atoms with Gasteiger partial charge in [-0.2, -0.15) is 0 Å². The monoisotopic (exact) mass is 311 g/mol. The zero-order valence-electron chi connectivity index (χ0n) is 12.2. The van der Waals surface area contributed by atoms with Crippen molar-refractivity contribution in [1.82, 2.24) is 5.32 Å². The third kappa shape index (κ3) is 3.61. The minimum absolute atomic E-state index is 0.188. The molecule has 6 nitrogen and oxygen atoms in total. The van der Waals surface area contributed by atoms with E-state index >= 15 is 0 Å². The van der Waals surface area contributed by atoms with Crippen molar-refractivity contribution < 1.29 is 28.6 Å². The van der Waals surface area contributed by atoms with Gasteiger partial charge in [0.25, 0.3) is 5.91 Å². The van der Waals surface area contributed by atoms with Crippen LogP contribution in [0.2, 0.25) is 0 Å². The third-order valence-corrected chi connectivity index (χ3v) is 3.71. The number of amides is 1. The van der Waals surface area contributed by atoms with Gasteiger partial charge in [0.05, 0.1) is 23.3 Å². The first-order valence-electron chi connectivity index (χ1n) is 6.89. The summed E-state index contributed by atoms with van der Waals surface area (Å²) in [6.45, 7) is 1.28. The molecule has 0 radical (unpaired) electrons. The van der Waals surface area contributed by atoms with Crippen LogP contribution in [-0.2, 0) is 9.47 Å². The highest BCUT2D eigenvalue weighted by molar-refractivity contribution is 5.96. The van der Waals surface area contributed by atoms with Gasteiger partial charge < -0.3 is 19.9 Å². The molecule has 1 fully saturated rings. The highest BCUT2D eigenvalue weighted by Gasteiger charge is 2.35. The zero-order chi connectivity index (χ0) is 16.2. The number of halogens is 1. The first kappa shape index (κ1) is 16.4. The van der Waals surface area contributed by atoms with Crippen molar-refractivity contribution in [2.24, 2.45) is 0 Å². The van der Waals surface area contributed by atoms with Crippen LogP contribution in [-0.4, -0.2) is 49.5 Å². The molecule has 1 aromatic carbocycles. The molecule has 0 bridgehead atoms. The molecule has 1 aliphatic heterocycles. The Labute approximate surface area is 127 Å². The van der Waals surface area contributed by atoms with Crippen molar-refractivity contribution in [3.05, 3.63) is 35.1 Å². The second-order valence-electron chi connectivity index (χ2n) is 5.28. The second-order valence-corrected chi connectivity index (χ2v) is 5.28. The lowest BCUT2D eigenvalue weighted by atomic mass is 9.90. The molecule has 0 atom stereocenters. The van der Waals surface area contributed by atoms with E-state index in [1.807, 2.05) is 0 Å². The molecule has 1 aliphatic rings. The highest BCUT2D eigenvalue weighted by Crippen LogP contribution is 2.22. The maximum atomic E-state index is 13.9. The number of nitrogens with one attached hydrogen (secondary N) is 1. The van der Waals surface area contributed by atoms with Gasteiger partial charge >= 0.3 is 5.97 Å². The number of benzene rings is 1. The number of hydrogen-bond donors (Lipinski definition) is 2. The van der Waals surface area contributed by atoms with Gasteiger partial charge in [-0.1, -0.05) is 0 Å². The number of carboxylic acids is 1. The lowest BCUT2D eigenvalue weighted by molar-refractivity contribution is 0.00198. The maximum Gasteiger partial charge on any atom is 0.335 e. The number of carbonyl (C=O) groups is 2. The maximum absolute atomic E-state index is 13.9. The number of hydrogen-bond acceptors (Lipinski definition) is 4. The quantitative estimate of drug-likeness (QED) is 0.860. The molecule has 1 amide bonds. The van der Waals surface area contributed by atoms with Crippen LogP contribution in [0.25, 0.3) is 0 Å². The molecule has 2 rings (SSSR count). The van der Waals surface area contributed by atoms with Crippen molar-refractivity contribution >= 4 is 11.9 Å². The normalized spacial score (nSPS) is 17.0. The van der Waals surface area contributed by atoms with Crippen molar-refractivity contribution in [3.63, 3.8) is 0 Å². The zero-order valence-corrected chi connectivity index (χ0v) is 12.2. The highest BCUT2D eigenvalue weighted by atomic mass is 19.1. The van der Waals surface area contributed by atoms with Crippen molar-refractivity contribution in [2.75, 3.05) is 26.9 Å². The summed E-state index contributed by atoms with van der Waals surface area (Å²) in [7, 11) is 1.53. The van der Waals surface area contributed by atoms with Crippen molar-refractivity contribution in [2.45, 2.75) is 18.4 Å². The largest absolute Gasteiger partial charge is 0.478 e. The molecule has 1 heterocycles. The summed E-state index contributed by atoms with van der Waals surface area (Å²) in [6.07, 6.45) is 1.14. The predicted molar refractivity (Wildman–Crippen MR) is 75.5 cm³/mol. The van der Waals surface area contributed by atoms with Crippen molar-refractivity contribution in [1.29, 1.82) is 0 Å². The molecule has 0 aromatic heterocycles. The average molecular weight is 311 g/mol. The number of carbonyl (C=O) groups excluding carboxylic acids is 1. The van der Waals surface area contributed by atoms with Gasteiger partial charge in [-0.05, 0) is 31.0 Å². The summed E-state index contributed by atoms with van der Waals surface area (Å²) < 4.78 is 24.4. The molecule has 0 saturated carbocycles. The van der Waals surface area contributed by atoms with E-state index in [0.717, 1.165) is 6.07 Å². The molecule has 2 N–H and O–H groups in total. The Morgan fingerprint density at radius 2 is 2.09 bits per heavy atom. The SMILES string of the molecule is COCC1(NC(=O)c2ccc(C(=O)O)cc2F)CCOCC1. The van der Waals surface area contributed by atoms with E-state index in [9.17, 15) is 14.0 Å². The summed E-state index contributed by atoms with van der Waals surface area (Å²) in [6, 6.07) is 3.21. The second kappa shape index (κ2) is 6.85. The molecular weight excluding hydrogens is 293 g/mol. The van der Waals surface area contributed by atoms with Crippen LogP contribution in [0.3, 0.4) is 0 Å². The molecule has 0 aliphatic carbocycles. The van der Waals surface area contributed by atoms with E-state index in [-0.39, 0.29) is 11.1 Å². The standard InChI is InChI=1S/C15H18FNO5/c1-21-9-15(4-6-22-7-5-15)17-13(18)11-3-2-10(14(19)20)8-12(11)16/h2-3,8H,4-7,9H2,1H3,(H,17,18)(H,19,20). The Morgan fingerprint density at radius 3 is 2.64 bits per heavy atom. The first-order valence-corrected chi connectivity index (χ1v) is 6.89. The number of carboxylic acid groups (broad SMARTS) is 1. The molecule has 7 heteroatoms. The lowest BCUT2D eigenvalue weighted by Crippen LogP contribution is -2.55. The van der Waals surface area contributed by atoms with E-state index < -0.39 is 23.2 Å². The van der Waals surface area contributed by atoms with E-state index in [1.165, 1.54) is 19.2 Å². The fourth-order valence-corrected chi connectivity index (χ4v) is 2.48. The van der Waals surface area contributed by atoms with Crippen LogP contribution in [0.15, 0.2) is 18.2 Å². The van der Waals surface area contributed by atoms with Crippen LogP contribution >= 0.6 is 0 Å². The Kier molecular flexibility index (Phi) is 5.10. The first-order chi connectivity index (χ1) is 10.5. The fraction of sp³-hybridized carbons (Fsp3) is 0.467. The predicted octanol–water partition coefficient (Wildman–Crippen LogP) is 1.45. The average Bonchev–Trinajstić information content (AvgIpc) is 2.47. The van der Waals surface area contributed by atoms with Crippen LogP contribution in [0.4, 0.5) is 4.39 Å². The molecule has 0 unspecified atom stereocenters. The number of methoxy groups -OCH3 is 1. The topological polar surface area (TPSA) is 84.9 Å². The van der Waals surface area contributed by atoms with Gasteiger partial charge in [-0.3, -0.25) is 4.79 Å². The Bertz CT molecular complexity index is 564. The molecule has 0 spiro atoms. The molecule has 1 aromatic rings. The minimum Gasteiger partial charge on any atom is -0.478 e. The Balaban J connectivity index is 2.18. The summed E-state index contributed by atoms with van der Waals surface area (Å²) >= 11 is 0. The van der Waals surface area contributed by atoms with Crippen LogP contribution in [0.5, 0.6) is 0 Å². The van der Waals surface area contributed by atoms with Gasteiger partial charge in [-0.25, -0.2) is 9.18 Å². The fourth-order valence-electron chi connectivity index (χ4n) is 2.48. The van der Waals surface area contributed by atoms with Gasteiger partial charge in [0, 0.05) is 20.3 Å². The minimum atomic E-state index is -1.24. The van der Waals surface area contributed by atoms with Gasteiger partial charge in [0.1, 0.15) is 5.82 Å². The van der Waals surface area contributed by atoms with E-state index in [2.05, 4.69) is 5.32 Å². The molecule has 22 heavy (non-hydrogen) atoms. The summed E-state index contributed by atoms with van der Waals surface area (Å²) in [5.41, 5.74) is -0.985. The van der Waals surface area contributed by atoms with Crippen molar-refractivity contribution in [3.8, 4) is 0 Å². The van der Waals surface area contributed by atoms with E-state index in [1.54, 1.807) is 0 Å². The summed E-state index contributed by atoms with van der Waals surface area (Å²) in [5, 5.41) is 11.6. The number of aromatic carboxylic acids is 1. The third-order valence-electron chi connectivity index (χ3n) is 3.71. The van der Waals surface area contributed by atoms with Crippen LogP contribution < -0.4 is 5.32 Å². The number of rotatable bonds is 5. The van der Waals surface area contributed by atoms with Gasteiger partial charge in [-0.15, -0.1) is 0 Å². The smallest absolute Gasteiger partial charge is 0.335 e. The van der Waals surface area contributed by atoms with E-state index in [0.29, 0.717) is 32.7 Å². The van der Waals surface area contributed by atoms with Crippen LogP contribution in [0.1, 0.15) is 33.6 Å². The molecule has 120 valence electrons.